The van der Waals surface area contributed by atoms with Crippen LogP contribution >= 0.6 is 0 Å². The van der Waals surface area contributed by atoms with Crippen molar-refractivity contribution in [2.24, 2.45) is 23.2 Å². The molecule has 0 bridgehead atoms. The first-order valence-electron chi connectivity index (χ1n) is 8.86. The van der Waals surface area contributed by atoms with Gasteiger partial charge in [0.15, 0.2) is 0 Å². The fraction of sp³-hybridized carbons (Fsp3) is 1.00. The van der Waals surface area contributed by atoms with Crippen LogP contribution in [0, 0.1) is 23.2 Å². The lowest BCUT2D eigenvalue weighted by atomic mass is 9.77. The van der Waals surface area contributed by atoms with Gasteiger partial charge in [0, 0.05) is 26.2 Å². The Morgan fingerprint density at radius 3 is 2.05 bits per heavy atom. The first-order chi connectivity index (χ1) is 10.1. The fourth-order valence-corrected chi connectivity index (χ4v) is 6.03. The SMILES string of the molecule is C[C@@H]1C[C@H](C)CN(S(=O)(=O)N2CCC[C@H](C(C)(C)C)CC2)C1. The topological polar surface area (TPSA) is 40.6 Å². The summed E-state index contributed by atoms with van der Waals surface area (Å²) < 4.78 is 29.5. The second-order valence-electron chi connectivity index (χ2n) is 8.66. The van der Waals surface area contributed by atoms with Gasteiger partial charge in [0.1, 0.15) is 0 Å². The third-order valence-electron chi connectivity index (χ3n) is 5.40. The number of hydrogen-bond donors (Lipinski definition) is 0. The van der Waals surface area contributed by atoms with Crippen molar-refractivity contribution in [2.75, 3.05) is 26.2 Å². The summed E-state index contributed by atoms with van der Waals surface area (Å²) >= 11 is 0. The second kappa shape index (κ2) is 6.78. The van der Waals surface area contributed by atoms with Gasteiger partial charge in [-0.25, -0.2) is 0 Å². The lowest BCUT2D eigenvalue weighted by Crippen LogP contribution is -2.49. The van der Waals surface area contributed by atoms with Crippen molar-refractivity contribution < 1.29 is 8.42 Å². The van der Waals surface area contributed by atoms with E-state index in [0.717, 1.165) is 25.7 Å². The molecule has 0 N–H and O–H groups in total. The van der Waals surface area contributed by atoms with Gasteiger partial charge in [-0.05, 0) is 48.9 Å². The minimum atomic E-state index is -3.28. The second-order valence-corrected chi connectivity index (χ2v) is 10.6. The van der Waals surface area contributed by atoms with Gasteiger partial charge in [-0.1, -0.05) is 34.6 Å². The van der Waals surface area contributed by atoms with Gasteiger partial charge in [-0.3, -0.25) is 0 Å². The van der Waals surface area contributed by atoms with E-state index in [0.29, 0.717) is 43.9 Å². The molecule has 22 heavy (non-hydrogen) atoms. The van der Waals surface area contributed by atoms with E-state index in [1.54, 1.807) is 8.61 Å². The molecule has 0 saturated carbocycles. The van der Waals surface area contributed by atoms with Crippen LogP contribution in [0.25, 0.3) is 0 Å². The highest BCUT2D eigenvalue weighted by molar-refractivity contribution is 7.86. The van der Waals surface area contributed by atoms with E-state index in [1.807, 2.05) is 0 Å². The average molecular weight is 331 g/mol. The molecule has 2 heterocycles. The molecular formula is C17H34N2O2S. The van der Waals surface area contributed by atoms with Crippen LogP contribution in [0.5, 0.6) is 0 Å². The van der Waals surface area contributed by atoms with Crippen LogP contribution < -0.4 is 0 Å². The Morgan fingerprint density at radius 2 is 1.50 bits per heavy atom. The molecule has 0 unspecified atom stereocenters. The Hall–Kier alpha value is -0.130. The van der Waals surface area contributed by atoms with Crippen molar-refractivity contribution in [3.8, 4) is 0 Å². The molecule has 2 fully saturated rings. The lowest BCUT2D eigenvalue weighted by molar-refractivity contribution is 0.203. The Kier molecular flexibility index (Phi) is 5.61. The van der Waals surface area contributed by atoms with Crippen LogP contribution in [0.2, 0.25) is 0 Å². The zero-order chi connectivity index (χ0) is 16.5. The van der Waals surface area contributed by atoms with Gasteiger partial charge in [-0.2, -0.15) is 17.0 Å². The third-order valence-corrected chi connectivity index (χ3v) is 7.37. The van der Waals surface area contributed by atoms with Crippen LogP contribution in [-0.2, 0) is 10.2 Å². The molecule has 0 aromatic carbocycles. The predicted molar refractivity (Wildman–Crippen MR) is 91.8 cm³/mol. The van der Waals surface area contributed by atoms with Gasteiger partial charge in [0.05, 0.1) is 0 Å². The summed E-state index contributed by atoms with van der Waals surface area (Å²) in [6.07, 6.45) is 4.25. The van der Waals surface area contributed by atoms with Crippen molar-refractivity contribution in [1.82, 2.24) is 8.61 Å². The Labute approximate surface area is 137 Å². The van der Waals surface area contributed by atoms with Crippen LogP contribution in [-0.4, -0.2) is 43.2 Å². The summed E-state index contributed by atoms with van der Waals surface area (Å²) in [7, 11) is -3.28. The van der Waals surface area contributed by atoms with Gasteiger partial charge in [0.25, 0.3) is 10.2 Å². The van der Waals surface area contributed by atoms with Crippen LogP contribution in [0.15, 0.2) is 0 Å². The minimum Gasteiger partial charge on any atom is -0.195 e. The largest absolute Gasteiger partial charge is 0.281 e. The van der Waals surface area contributed by atoms with Gasteiger partial charge >= 0.3 is 0 Å². The predicted octanol–water partition coefficient (Wildman–Crippen LogP) is 3.36. The normalized spacial score (nSPS) is 33.6. The van der Waals surface area contributed by atoms with E-state index in [4.69, 9.17) is 0 Å². The Balaban J connectivity index is 2.06. The summed E-state index contributed by atoms with van der Waals surface area (Å²) in [6, 6.07) is 0. The quantitative estimate of drug-likeness (QED) is 0.779. The first-order valence-corrected chi connectivity index (χ1v) is 10.3. The van der Waals surface area contributed by atoms with Crippen LogP contribution in [0.3, 0.4) is 0 Å². The molecule has 130 valence electrons. The average Bonchev–Trinajstić information content (AvgIpc) is 2.63. The molecule has 0 aliphatic carbocycles. The maximum atomic E-state index is 13.0. The van der Waals surface area contributed by atoms with E-state index >= 15 is 0 Å². The minimum absolute atomic E-state index is 0.272. The molecule has 0 aromatic heterocycles. The molecule has 2 aliphatic heterocycles. The van der Waals surface area contributed by atoms with Gasteiger partial charge < -0.3 is 0 Å². The fourth-order valence-electron chi connectivity index (χ4n) is 4.12. The van der Waals surface area contributed by atoms with Crippen molar-refractivity contribution in [3.63, 3.8) is 0 Å². The molecule has 0 spiro atoms. The molecule has 2 rings (SSSR count). The van der Waals surface area contributed by atoms with E-state index in [-0.39, 0.29) is 5.41 Å². The molecule has 0 amide bonds. The van der Waals surface area contributed by atoms with Crippen LogP contribution in [0.1, 0.15) is 60.3 Å². The van der Waals surface area contributed by atoms with Gasteiger partial charge in [0.2, 0.25) is 0 Å². The number of rotatable bonds is 2. The zero-order valence-electron chi connectivity index (χ0n) is 15.0. The molecule has 0 aromatic rings. The molecular weight excluding hydrogens is 296 g/mol. The van der Waals surface area contributed by atoms with Gasteiger partial charge in [-0.15, -0.1) is 0 Å². The molecule has 2 saturated heterocycles. The summed E-state index contributed by atoms with van der Waals surface area (Å²) in [6.45, 7) is 13.9. The number of hydrogen-bond acceptors (Lipinski definition) is 2. The number of piperidine rings is 1. The summed E-state index contributed by atoms with van der Waals surface area (Å²) in [5.41, 5.74) is 0.272. The molecule has 5 heteroatoms. The third kappa shape index (κ3) is 4.24. The Morgan fingerprint density at radius 1 is 0.909 bits per heavy atom. The number of nitrogens with zero attached hydrogens (tertiary/aromatic N) is 2. The maximum Gasteiger partial charge on any atom is 0.281 e. The van der Waals surface area contributed by atoms with E-state index in [9.17, 15) is 8.42 Å². The molecule has 0 radical (unpaired) electrons. The highest BCUT2D eigenvalue weighted by atomic mass is 32.2. The highest BCUT2D eigenvalue weighted by Crippen LogP contribution is 2.35. The van der Waals surface area contributed by atoms with Crippen LogP contribution in [0.4, 0.5) is 0 Å². The van der Waals surface area contributed by atoms with Crippen molar-refractivity contribution in [3.05, 3.63) is 0 Å². The maximum absolute atomic E-state index is 13.0. The summed E-state index contributed by atoms with van der Waals surface area (Å²) in [4.78, 5) is 0. The summed E-state index contributed by atoms with van der Waals surface area (Å²) in [5.74, 6) is 1.55. The monoisotopic (exact) mass is 330 g/mol. The highest BCUT2D eigenvalue weighted by Gasteiger charge is 2.37. The van der Waals surface area contributed by atoms with E-state index in [2.05, 4.69) is 34.6 Å². The zero-order valence-corrected chi connectivity index (χ0v) is 15.8. The summed E-state index contributed by atoms with van der Waals surface area (Å²) in [5, 5.41) is 0. The molecule has 2 aliphatic rings. The van der Waals surface area contributed by atoms with E-state index < -0.39 is 10.2 Å². The lowest BCUT2D eigenvalue weighted by Gasteiger charge is -2.37. The smallest absolute Gasteiger partial charge is 0.195 e. The Bertz CT molecular complexity index is 460. The molecule has 4 nitrogen and oxygen atoms in total. The van der Waals surface area contributed by atoms with Crippen molar-refractivity contribution >= 4 is 10.2 Å². The standard InChI is InChI=1S/C17H34N2O2S/c1-14-11-15(2)13-19(12-14)22(20,21)18-9-6-7-16(8-10-18)17(3,4)5/h14-16H,6-13H2,1-5H3/t14-,15+,16-/m0/s1. The van der Waals surface area contributed by atoms with E-state index in [1.165, 1.54) is 0 Å². The molecule has 3 atom stereocenters. The first kappa shape index (κ1) is 18.2. The van der Waals surface area contributed by atoms with Crippen molar-refractivity contribution in [1.29, 1.82) is 0 Å². The van der Waals surface area contributed by atoms with Crippen molar-refractivity contribution in [2.45, 2.75) is 60.3 Å².